The van der Waals surface area contributed by atoms with Gasteiger partial charge in [-0.2, -0.15) is 0 Å². The molecule has 0 aromatic heterocycles. The van der Waals surface area contributed by atoms with Crippen LogP contribution in [0.25, 0.3) is 0 Å². The van der Waals surface area contributed by atoms with E-state index in [9.17, 15) is 33.4 Å². The Morgan fingerprint density at radius 1 is 0.913 bits per heavy atom. The summed E-state index contributed by atoms with van der Waals surface area (Å²) in [6.07, 6.45) is 1.78. The topological polar surface area (TPSA) is 137 Å². The summed E-state index contributed by atoms with van der Waals surface area (Å²) in [4.78, 5) is 28.2. The minimum absolute atomic E-state index is 0.526. The van der Waals surface area contributed by atoms with Crippen LogP contribution < -0.4 is 0 Å². The molecule has 0 aliphatic rings. The molecule has 0 N–H and O–H groups in total. The summed E-state index contributed by atoms with van der Waals surface area (Å²) in [5.74, 6) is 0. The van der Waals surface area contributed by atoms with Crippen LogP contribution in [0.5, 0.6) is 0 Å². The number of hydrogen-bond donors (Lipinski definition) is 1. The Hall–Kier alpha value is -3.14. The van der Waals surface area contributed by atoms with Crippen molar-refractivity contribution in [3.05, 3.63) is 74.3 Å². The molecule has 0 aliphatic carbocycles. The summed E-state index contributed by atoms with van der Waals surface area (Å²) < 4.78 is 21.1. The Labute approximate surface area is 131 Å². The Balaban J connectivity index is 0.000000277. The van der Waals surface area contributed by atoms with Crippen LogP contribution in [0, 0.1) is 20.2 Å². The fourth-order valence-electron chi connectivity index (χ4n) is 1.43. The van der Waals surface area contributed by atoms with Crippen LogP contribution >= 0.6 is 0 Å². The van der Waals surface area contributed by atoms with E-state index in [0.717, 1.165) is 12.1 Å². The van der Waals surface area contributed by atoms with Crippen LogP contribution in [-0.4, -0.2) is 24.6 Å². The average Bonchev–Trinajstić information content (AvgIpc) is 2.55. The molecule has 9 nitrogen and oxygen atoms in total. The Morgan fingerprint density at radius 2 is 1.52 bits per heavy atom. The molecule has 1 radical (unpaired) electrons. The van der Waals surface area contributed by atoms with E-state index in [4.69, 9.17) is 0 Å². The molecular formula is C13H9N2O7S. The van der Waals surface area contributed by atoms with Crippen molar-refractivity contribution < 1.29 is 23.1 Å². The maximum absolute atomic E-state index is 10.6. The first-order valence-corrected chi connectivity index (χ1v) is 7.05. The molecule has 0 amide bonds. The molecule has 0 aliphatic heterocycles. The van der Waals surface area contributed by atoms with Crippen molar-refractivity contribution in [1.82, 2.24) is 0 Å². The van der Waals surface area contributed by atoms with Gasteiger partial charge in [0.1, 0.15) is 4.90 Å². The first-order valence-electron chi connectivity index (χ1n) is 5.87. The number of thiol groups is 1. The van der Waals surface area contributed by atoms with Gasteiger partial charge in [0.05, 0.1) is 15.9 Å². The van der Waals surface area contributed by atoms with Gasteiger partial charge >= 0.3 is 0 Å². The summed E-state index contributed by atoms with van der Waals surface area (Å²) in [6, 6.07) is 11.2. The standard InChI is InChI=1S/C7H5O.C6H4N2O6S/c8-6-7-4-2-1-3-5-7;9-7(10)4-1-2-6(15(13)14)5(3-4)8(11)12/h1-5H;1-3,15H. The third kappa shape index (κ3) is 5.28. The van der Waals surface area contributed by atoms with Gasteiger partial charge in [-0.3, -0.25) is 25.0 Å². The highest BCUT2D eigenvalue weighted by Gasteiger charge is 2.20. The molecule has 0 heterocycles. The molecule has 0 bridgehead atoms. The van der Waals surface area contributed by atoms with E-state index >= 15 is 0 Å². The minimum Gasteiger partial charge on any atom is -0.285 e. The summed E-state index contributed by atoms with van der Waals surface area (Å²) in [6.45, 7) is 0. The largest absolute Gasteiger partial charge is 0.294 e. The molecule has 0 saturated carbocycles. The second-order valence-electron chi connectivity index (χ2n) is 3.91. The first kappa shape index (κ1) is 17.9. The molecule has 23 heavy (non-hydrogen) atoms. The third-order valence-electron chi connectivity index (χ3n) is 2.45. The summed E-state index contributed by atoms with van der Waals surface area (Å²) in [5, 5.41) is 20.7. The maximum atomic E-state index is 10.6. The zero-order valence-electron chi connectivity index (χ0n) is 11.3. The number of rotatable bonds is 4. The molecule has 0 fully saturated rings. The van der Waals surface area contributed by atoms with E-state index in [1.807, 2.05) is 6.07 Å². The SMILES string of the molecule is O=[C]c1ccccc1.O=[N+]([O-])c1ccc([SH](=O)=O)c([N+](=O)[O-])c1. The van der Waals surface area contributed by atoms with E-state index in [1.165, 1.54) is 0 Å². The van der Waals surface area contributed by atoms with E-state index in [2.05, 4.69) is 0 Å². The molecule has 2 aromatic carbocycles. The Kier molecular flexibility index (Phi) is 6.49. The molecule has 0 unspecified atom stereocenters. The minimum atomic E-state index is -3.14. The smallest absolute Gasteiger partial charge is 0.285 e. The lowest BCUT2D eigenvalue weighted by molar-refractivity contribution is -0.396. The fourth-order valence-corrected chi connectivity index (χ4v) is 1.96. The number of benzene rings is 2. The Morgan fingerprint density at radius 3 is 1.91 bits per heavy atom. The average molecular weight is 337 g/mol. The van der Waals surface area contributed by atoms with Crippen LogP contribution in [0.4, 0.5) is 11.4 Å². The second kappa shape index (κ2) is 8.34. The second-order valence-corrected chi connectivity index (χ2v) is 4.91. The first-order chi connectivity index (χ1) is 10.9. The summed E-state index contributed by atoms with van der Waals surface area (Å²) in [5.41, 5.74) is -0.713. The summed E-state index contributed by atoms with van der Waals surface area (Å²) in [7, 11) is -3.14. The van der Waals surface area contributed by atoms with Crippen molar-refractivity contribution in [2.24, 2.45) is 0 Å². The fraction of sp³-hybridized carbons (Fsp3) is 0. The zero-order chi connectivity index (χ0) is 17.4. The normalized spacial score (nSPS) is 9.61. The van der Waals surface area contributed by atoms with Crippen molar-refractivity contribution in [2.75, 3.05) is 0 Å². The lowest BCUT2D eigenvalue weighted by atomic mass is 10.2. The molecule has 0 spiro atoms. The van der Waals surface area contributed by atoms with Crippen molar-refractivity contribution in [1.29, 1.82) is 0 Å². The highest BCUT2D eigenvalue weighted by Crippen LogP contribution is 2.25. The summed E-state index contributed by atoms with van der Waals surface area (Å²) >= 11 is 0. The lowest BCUT2D eigenvalue weighted by Crippen LogP contribution is -1.96. The van der Waals surface area contributed by atoms with E-state index < -0.39 is 36.8 Å². The van der Waals surface area contributed by atoms with Gasteiger partial charge in [-0.15, -0.1) is 0 Å². The molecule has 119 valence electrons. The van der Waals surface area contributed by atoms with Gasteiger partial charge in [0.25, 0.3) is 11.4 Å². The third-order valence-corrected chi connectivity index (χ3v) is 3.23. The quantitative estimate of drug-likeness (QED) is 0.508. The van der Waals surface area contributed by atoms with Crippen LogP contribution in [0.1, 0.15) is 5.56 Å². The van der Waals surface area contributed by atoms with Gasteiger partial charge in [0, 0.05) is 11.6 Å². The number of nitrogens with zero attached hydrogens (tertiary/aromatic N) is 2. The number of carbonyl (C=O) groups excluding carboxylic acids is 1. The zero-order valence-corrected chi connectivity index (χ0v) is 12.2. The number of nitro benzene ring substituents is 2. The van der Waals surface area contributed by atoms with Crippen LogP contribution in [0.2, 0.25) is 0 Å². The predicted molar refractivity (Wildman–Crippen MR) is 79.6 cm³/mol. The molecule has 10 heteroatoms. The van der Waals surface area contributed by atoms with Crippen LogP contribution in [0.3, 0.4) is 0 Å². The Bertz CT molecular complexity index is 795. The maximum Gasteiger partial charge on any atom is 0.294 e. The highest BCUT2D eigenvalue weighted by atomic mass is 32.2. The number of nitro groups is 2. The van der Waals surface area contributed by atoms with E-state index in [1.54, 1.807) is 30.6 Å². The molecule has 2 rings (SSSR count). The van der Waals surface area contributed by atoms with Gasteiger partial charge in [-0.1, -0.05) is 30.3 Å². The highest BCUT2D eigenvalue weighted by molar-refractivity contribution is 7.72. The van der Waals surface area contributed by atoms with Crippen molar-refractivity contribution in [3.63, 3.8) is 0 Å². The van der Waals surface area contributed by atoms with Crippen molar-refractivity contribution in [3.8, 4) is 0 Å². The van der Waals surface area contributed by atoms with Crippen LogP contribution in [-0.2, 0) is 15.5 Å². The molecule has 0 saturated heterocycles. The monoisotopic (exact) mass is 337 g/mol. The van der Waals surface area contributed by atoms with Crippen LogP contribution in [0.15, 0.2) is 53.4 Å². The predicted octanol–water partition coefficient (Wildman–Crippen LogP) is 1.62. The van der Waals surface area contributed by atoms with Crippen molar-refractivity contribution >= 4 is 28.4 Å². The van der Waals surface area contributed by atoms with E-state index in [-0.39, 0.29) is 0 Å². The molecular weight excluding hydrogens is 328 g/mol. The number of non-ortho nitro benzene ring substituents is 1. The van der Waals surface area contributed by atoms with Gasteiger partial charge in [-0.05, 0) is 6.07 Å². The van der Waals surface area contributed by atoms with Gasteiger partial charge in [0.15, 0.2) is 10.7 Å². The van der Waals surface area contributed by atoms with Gasteiger partial charge in [0.2, 0.25) is 6.29 Å². The number of hydrogen-bond acceptors (Lipinski definition) is 7. The molecule has 2 aromatic rings. The van der Waals surface area contributed by atoms with Gasteiger partial charge < -0.3 is 0 Å². The lowest BCUT2D eigenvalue weighted by Gasteiger charge is -1.95. The van der Waals surface area contributed by atoms with Gasteiger partial charge in [-0.25, -0.2) is 8.42 Å². The molecule has 0 atom stereocenters. The van der Waals surface area contributed by atoms with Crippen molar-refractivity contribution in [2.45, 2.75) is 4.90 Å². The van der Waals surface area contributed by atoms with E-state index in [0.29, 0.717) is 11.6 Å².